The van der Waals surface area contributed by atoms with Gasteiger partial charge in [-0.15, -0.1) is 11.3 Å². The van der Waals surface area contributed by atoms with Crippen LogP contribution >= 0.6 is 11.3 Å². The lowest BCUT2D eigenvalue weighted by Crippen LogP contribution is -2.24. The summed E-state index contributed by atoms with van der Waals surface area (Å²) in [4.78, 5) is 27.3. The van der Waals surface area contributed by atoms with Crippen LogP contribution in [0.15, 0.2) is 24.3 Å². The average molecular weight is 346 g/mol. The molecule has 0 aliphatic carbocycles. The fourth-order valence-electron chi connectivity index (χ4n) is 2.25. The van der Waals surface area contributed by atoms with Gasteiger partial charge in [0.1, 0.15) is 9.88 Å². The molecule has 0 aliphatic rings. The molecule has 128 valence electrons. The van der Waals surface area contributed by atoms with Crippen molar-refractivity contribution in [3.05, 3.63) is 51.0 Å². The number of carbonyl (C=O) groups excluding carboxylic acids is 1. The van der Waals surface area contributed by atoms with Crippen LogP contribution < -0.4 is 5.32 Å². The van der Waals surface area contributed by atoms with Crippen LogP contribution in [0, 0.1) is 6.92 Å². The van der Waals surface area contributed by atoms with Crippen LogP contribution in [0.1, 0.15) is 52.3 Å². The summed E-state index contributed by atoms with van der Waals surface area (Å²) in [6.45, 7) is 8.55. The molecule has 0 saturated carbocycles. The molecule has 24 heavy (non-hydrogen) atoms. The molecule has 1 heterocycles. The number of hydrogen-bond donors (Lipinski definition) is 2. The zero-order valence-corrected chi connectivity index (χ0v) is 15.2. The zero-order valence-electron chi connectivity index (χ0n) is 14.3. The third-order valence-electron chi connectivity index (χ3n) is 3.66. The first-order valence-electron chi connectivity index (χ1n) is 7.72. The van der Waals surface area contributed by atoms with Gasteiger partial charge in [0.05, 0.1) is 12.1 Å². The summed E-state index contributed by atoms with van der Waals surface area (Å²) >= 11 is 1.05. The fourth-order valence-corrected chi connectivity index (χ4v) is 3.15. The Morgan fingerprint density at radius 3 is 2.33 bits per heavy atom. The Labute approximate surface area is 145 Å². The number of carboxylic acid groups (broad SMARTS) is 1. The van der Waals surface area contributed by atoms with Crippen LogP contribution in [-0.2, 0) is 23.2 Å². The Balaban J connectivity index is 1.91. The van der Waals surface area contributed by atoms with Gasteiger partial charge in [0, 0.05) is 6.54 Å². The molecule has 0 radical (unpaired) electrons. The topological polar surface area (TPSA) is 79.3 Å². The number of rotatable bonds is 5. The van der Waals surface area contributed by atoms with E-state index in [1.54, 1.807) is 6.92 Å². The van der Waals surface area contributed by atoms with Gasteiger partial charge in [0.25, 0.3) is 0 Å². The second kappa shape index (κ2) is 7.13. The summed E-state index contributed by atoms with van der Waals surface area (Å²) in [5, 5.41) is 12.4. The van der Waals surface area contributed by atoms with E-state index in [9.17, 15) is 9.59 Å². The number of hydrogen-bond acceptors (Lipinski definition) is 4. The molecule has 1 amide bonds. The SMILES string of the molecule is Cc1nc(CC(=O)NCc2ccc(C(C)(C)C)cc2)sc1C(=O)O. The highest BCUT2D eigenvalue weighted by Gasteiger charge is 2.16. The monoisotopic (exact) mass is 346 g/mol. The lowest BCUT2D eigenvalue weighted by atomic mass is 9.87. The number of nitrogens with one attached hydrogen (secondary N) is 1. The van der Waals surface area contributed by atoms with Crippen molar-refractivity contribution in [1.82, 2.24) is 10.3 Å². The van der Waals surface area contributed by atoms with E-state index in [0.29, 0.717) is 17.2 Å². The maximum atomic E-state index is 12.0. The number of benzene rings is 1. The molecule has 0 aliphatic heterocycles. The van der Waals surface area contributed by atoms with Gasteiger partial charge in [-0.3, -0.25) is 4.79 Å². The van der Waals surface area contributed by atoms with Gasteiger partial charge < -0.3 is 10.4 Å². The van der Waals surface area contributed by atoms with Crippen molar-refractivity contribution in [2.45, 2.75) is 46.1 Å². The first-order valence-corrected chi connectivity index (χ1v) is 8.54. The number of nitrogens with zero attached hydrogens (tertiary/aromatic N) is 1. The molecule has 1 aromatic carbocycles. The molecule has 0 unspecified atom stereocenters. The van der Waals surface area contributed by atoms with Crippen molar-refractivity contribution >= 4 is 23.2 Å². The molecule has 0 bridgehead atoms. The van der Waals surface area contributed by atoms with Crippen molar-refractivity contribution in [3.63, 3.8) is 0 Å². The van der Waals surface area contributed by atoms with Crippen molar-refractivity contribution in [3.8, 4) is 0 Å². The van der Waals surface area contributed by atoms with E-state index in [1.165, 1.54) is 5.56 Å². The Morgan fingerprint density at radius 1 is 1.21 bits per heavy atom. The summed E-state index contributed by atoms with van der Waals surface area (Å²) < 4.78 is 0. The Morgan fingerprint density at radius 2 is 1.83 bits per heavy atom. The molecule has 0 spiro atoms. The molecule has 0 fully saturated rings. The molecule has 1 aromatic heterocycles. The van der Waals surface area contributed by atoms with E-state index in [2.05, 4.69) is 43.2 Å². The number of thiazole rings is 1. The summed E-state index contributed by atoms with van der Waals surface area (Å²) in [7, 11) is 0. The third-order valence-corrected chi connectivity index (χ3v) is 4.80. The first kappa shape index (κ1) is 18.1. The molecule has 0 saturated heterocycles. The lowest BCUT2D eigenvalue weighted by Gasteiger charge is -2.19. The standard InChI is InChI=1S/C18H22N2O3S/c1-11-16(17(22)23)24-15(20-11)9-14(21)19-10-12-5-7-13(8-6-12)18(2,3)4/h5-8H,9-10H2,1-4H3,(H,19,21)(H,22,23). The molecule has 2 rings (SSSR count). The van der Waals surface area contributed by atoms with Crippen molar-refractivity contribution in [1.29, 1.82) is 0 Å². The highest BCUT2D eigenvalue weighted by atomic mass is 32.1. The predicted molar refractivity (Wildman–Crippen MR) is 94.5 cm³/mol. The maximum absolute atomic E-state index is 12.0. The van der Waals surface area contributed by atoms with Gasteiger partial charge in [-0.25, -0.2) is 9.78 Å². The number of carboxylic acids is 1. The van der Waals surface area contributed by atoms with Gasteiger partial charge >= 0.3 is 5.97 Å². The molecular weight excluding hydrogens is 324 g/mol. The molecule has 6 heteroatoms. The number of aryl methyl sites for hydroxylation is 1. The molecule has 2 aromatic rings. The second-order valence-corrected chi connectivity index (χ2v) is 7.81. The summed E-state index contributed by atoms with van der Waals surface area (Å²) in [5.74, 6) is -1.17. The minimum absolute atomic E-state index is 0.0961. The number of carbonyl (C=O) groups is 2. The van der Waals surface area contributed by atoms with E-state index in [-0.39, 0.29) is 22.6 Å². The van der Waals surface area contributed by atoms with Crippen molar-refractivity contribution in [2.75, 3.05) is 0 Å². The normalized spacial score (nSPS) is 11.3. The summed E-state index contributed by atoms with van der Waals surface area (Å²) in [6, 6.07) is 8.17. The molecular formula is C18H22N2O3S. The Hall–Kier alpha value is -2.21. The van der Waals surface area contributed by atoms with E-state index < -0.39 is 5.97 Å². The van der Waals surface area contributed by atoms with Gasteiger partial charge in [0.2, 0.25) is 5.91 Å². The van der Waals surface area contributed by atoms with Crippen LogP contribution in [0.2, 0.25) is 0 Å². The van der Waals surface area contributed by atoms with Gasteiger partial charge in [-0.1, -0.05) is 45.0 Å². The number of aromatic nitrogens is 1. The zero-order chi connectivity index (χ0) is 17.9. The number of aromatic carboxylic acids is 1. The fraction of sp³-hybridized carbons (Fsp3) is 0.389. The van der Waals surface area contributed by atoms with Gasteiger partial charge in [-0.2, -0.15) is 0 Å². The van der Waals surface area contributed by atoms with Crippen LogP contribution in [0.4, 0.5) is 0 Å². The van der Waals surface area contributed by atoms with Gasteiger partial charge in [-0.05, 0) is 23.5 Å². The minimum atomic E-state index is -1.00. The smallest absolute Gasteiger partial charge is 0.347 e. The van der Waals surface area contributed by atoms with E-state index >= 15 is 0 Å². The van der Waals surface area contributed by atoms with Crippen LogP contribution in [0.25, 0.3) is 0 Å². The van der Waals surface area contributed by atoms with Crippen molar-refractivity contribution < 1.29 is 14.7 Å². The first-order chi connectivity index (χ1) is 11.2. The highest BCUT2D eigenvalue weighted by molar-refractivity contribution is 7.13. The Kier molecular flexibility index (Phi) is 5.39. The van der Waals surface area contributed by atoms with E-state index in [1.807, 2.05) is 12.1 Å². The van der Waals surface area contributed by atoms with Crippen LogP contribution in [-0.4, -0.2) is 22.0 Å². The predicted octanol–water partition coefficient (Wildman–Crippen LogP) is 3.31. The average Bonchev–Trinajstić information content (AvgIpc) is 2.85. The lowest BCUT2D eigenvalue weighted by molar-refractivity contribution is -0.120. The number of amides is 1. The second-order valence-electron chi connectivity index (χ2n) is 6.73. The molecule has 0 atom stereocenters. The quantitative estimate of drug-likeness (QED) is 0.870. The van der Waals surface area contributed by atoms with Gasteiger partial charge in [0.15, 0.2) is 0 Å². The Bertz CT molecular complexity index is 743. The summed E-state index contributed by atoms with van der Waals surface area (Å²) in [6.07, 6.45) is 0.0961. The van der Waals surface area contributed by atoms with E-state index in [4.69, 9.17) is 5.11 Å². The molecule has 2 N–H and O–H groups in total. The van der Waals surface area contributed by atoms with Crippen LogP contribution in [0.3, 0.4) is 0 Å². The maximum Gasteiger partial charge on any atom is 0.347 e. The van der Waals surface area contributed by atoms with E-state index in [0.717, 1.165) is 16.9 Å². The largest absolute Gasteiger partial charge is 0.477 e. The minimum Gasteiger partial charge on any atom is -0.477 e. The molecule has 5 nitrogen and oxygen atoms in total. The summed E-state index contributed by atoms with van der Waals surface area (Å²) in [5.41, 5.74) is 2.83. The van der Waals surface area contributed by atoms with Crippen molar-refractivity contribution in [2.24, 2.45) is 0 Å². The highest BCUT2D eigenvalue weighted by Crippen LogP contribution is 2.22. The van der Waals surface area contributed by atoms with Crippen LogP contribution in [0.5, 0.6) is 0 Å². The third kappa shape index (κ3) is 4.64.